The van der Waals surface area contributed by atoms with Crippen LogP contribution in [0.4, 0.5) is 4.79 Å². The van der Waals surface area contributed by atoms with Gasteiger partial charge in [-0.3, -0.25) is 0 Å². The standard InChI is InChI=1S/C18H23N3O2S/c1-11(15-10-23-16-7-5-4-6-14(15)16)21-18(22)19-9-8-17-12(2)20-13(3)24-17/h4-7,11,15H,8-10H2,1-3H3,(H2,19,21,22)/t11-,15+/m0/s1. The molecule has 0 fully saturated rings. The molecule has 2 amide bonds. The Morgan fingerprint density at radius 1 is 1.42 bits per heavy atom. The topological polar surface area (TPSA) is 63.2 Å². The van der Waals surface area contributed by atoms with Crippen LogP contribution in [-0.2, 0) is 6.42 Å². The molecule has 2 aromatic rings. The fourth-order valence-electron chi connectivity index (χ4n) is 3.05. The molecular weight excluding hydrogens is 322 g/mol. The number of urea groups is 1. The highest BCUT2D eigenvalue weighted by Crippen LogP contribution is 2.35. The first-order valence-corrected chi connectivity index (χ1v) is 9.05. The molecule has 2 atom stereocenters. The van der Waals surface area contributed by atoms with Crippen molar-refractivity contribution in [3.63, 3.8) is 0 Å². The number of carbonyl (C=O) groups excluding carboxylic acids is 1. The van der Waals surface area contributed by atoms with Crippen LogP contribution in [0.2, 0.25) is 0 Å². The van der Waals surface area contributed by atoms with Crippen molar-refractivity contribution in [1.29, 1.82) is 0 Å². The van der Waals surface area contributed by atoms with E-state index >= 15 is 0 Å². The zero-order valence-electron chi connectivity index (χ0n) is 14.3. The van der Waals surface area contributed by atoms with Crippen molar-refractivity contribution in [3.8, 4) is 5.75 Å². The van der Waals surface area contributed by atoms with Gasteiger partial charge in [-0.2, -0.15) is 0 Å². The monoisotopic (exact) mass is 345 g/mol. The molecule has 128 valence electrons. The van der Waals surface area contributed by atoms with Crippen LogP contribution < -0.4 is 15.4 Å². The Morgan fingerprint density at radius 3 is 2.96 bits per heavy atom. The zero-order valence-corrected chi connectivity index (χ0v) is 15.1. The first-order chi connectivity index (χ1) is 11.5. The first kappa shape index (κ1) is 16.8. The minimum Gasteiger partial charge on any atom is -0.493 e. The summed E-state index contributed by atoms with van der Waals surface area (Å²) in [5.74, 6) is 1.12. The largest absolute Gasteiger partial charge is 0.493 e. The third-order valence-electron chi connectivity index (χ3n) is 4.34. The van der Waals surface area contributed by atoms with Gasteiger partial charge in [0.2, 0.25) is 0 Å². The van der Waals surface area contributed by atoms with Crippen LogP contribution in [0.5, 0.6) is 5.75 Å². The molecule has 0 aliphatic carbocycles. The van der Waals surface area contributed by atoms with Gasteiger partial charge in [0, 0.05) is 35.4 Å². The zero-order chi connectivity index (χ0) is 17.1. The molecule has 0 unspecified atom stereocenters. The number of hydrogen-bond acceptors (Lipinski definition) is 4. The van der Waals surface area contributed by atoms with E-state index in [4.69, 9.17) is 4.74 Å². The van der Waals surface area contributed by atoms with E-state index in [-0.39, 0.29) is 18.0 Å². The van der Waals surface area contributed by atoms with Crippen molar-refractivity contribution in [2.45, 2.75) is 39.2 Å². The predicted molar refractivity (Wildman–Crippen MR) is 96.0 cm³/mol. The number of aryl methyl sites for hydroxylation is 2. The van der Waals surface area contributed by atoms with Crippen LogP contribution >= 0.6 is 11.3 Å². The van der Waals surface area contributed by atoms with Gasteiger partial charge < -0.3 is 15.4 Å². The van der Waals surface area contributed by atoms with Crippen LogP contribution in [0.1, 0.15) is 34.0 Å². The van der Waals surface area contributed by atoms with E-state index in [0.29, 0.717) is 13.2 Å². The fraction of sp³-hybridized carbons (Fsp3) is 0.444. The Labute approximate surface area is 146 Å². The summed E-state index contributed by atoms with van der Waals surface area (Å²) in [5, 5.41) is 7.03. The normalized spacial score (nSPS) is 17.0. The molecule has 0 radical (unpaired) electrons. The number of fused-ring (bicyclic) bond motifs is 1. The summed E-state index contributed by atoms with van der Waals surface area (Å²) in [7, 11) is 0. The number of carbonyl (C=O) groups is 1. The Morgan fingerprint density at radius 2 is 2.21 bits per heavy atom. The number of hydrogen-bond donors (Lipinski definition) is 2. The van der Waals surface area contributed by atoms with Crippen molar-refractivity contribution in [1.82, 2.24) is 15.6 Å². The maximum Gasteiger partial charge on any atom is 0.315 e. The molecule has 0 spiro atoms. The van der Waals surface area contributed by atoms with Gasteiger partial charge in [0.1, 0.15) is 5.75 Å². The number of nitrogens with one attached hydrogen (secondary N) is 2. The fourth-order valence-corrected chi connectivity index (χ4v) is 3.99. The maximum atomic E-state index is 12.1. The van der Waals surface area contributed by atoms with Gasteiger partial charge in [0.25, 0.3) is 0 Å². The molecule has 24 heavy (non-hydrogen) atoms. The van der Waals surface area contributed by atoms with Gasteiger partial charge in [-0.05, 0) is 26.8 Å². The van der Waals surface area contributed by atoms with Crippen molar-refractivity contribution in [2.75, 3.05) is 13.2 Å². The molecule has 0 saturated carbocycles. The highest BCUT2D eigenvalue weighted by atomic mass is 32.1. The number of amides is 2. The smallest absolute Gasteiger partial charge is 0.315 e. The van der Waals surface area contributed by atoms with Gasteiger partial charge >= 0.3 is 6.03 Å². The summed E-state index contributed by atoms with van der Waals surface area (Å²) >= 11 is 1.69. The Hall–Kier alpha value is -2.08. The highest BCUT2D eigenvalue weighted by Gasteiger charge is 2.29. The Kier molecular flexibility index (Phi) is 5.04. The third-order valence-corrected chi connectivity index (χ3v) is 5.47. The van der Waals surface area contributed by atoms with E-state index in [9.17, 15) is 4.79 Å². The minimum absolute atomic E-state index is 0.0148. The average Bonchev–Trinajstić information content (AvgIpc) is 3.10. The number of aromatic nitrogens is 1. The van der Waals surface area contributed by atoms with Crippen molar-refractivity contribution >= 4 is 17.4 Å². The molecule has 5 nitrogen and oxygen atoms in total. The lowest BCUT2D eigenvalue weighted by Gasteiger charge is -2.20. The van der Waals surface area contributed by atoms with Gasteiger partial charge in [0.05, 0.1) is 17.3 Å². The number of para-hydroxylation sites is 1. The van der Waals surface area contributed by atoms with E-state index in [2.05, 4.69) is 21.7 Å². The minimum atomic E-state index is -0.134. The predicted octanol–water partition coefficient (Wildman–Crippen LogP) is 3.17. The molecule has 2 N–H and O–H groups in total. The molecular formula is C18H23N3O2S. The van der Waals surface area contributed by atoms with Gasteiger partial charge in [-0.25, -0.2) is 9.78 Å². The van der Waals surface area contributed by atoms with Crippen LogP contribution in [0.25, 0.3) is 0 Å². The molecule has 0 bridgehead atoms. The summed E-state index contributed by atoms with van der Waals surface area (Å²) in [5.41, 5.74) is 2.23. The average molecular weight is 345 g/mol. The van der Waals surface area contributed by atoms with E-state index in [1.807, 2.05) is 39.0 Å². The van der Waals surface area contributed by atoms with Crippen LogP contribution in [0.15, 0.2) is 24.3 Å². The van der Waals surface area contributed by atoms with E-state index in [1.165, 1.54) is 10.4 Å². The van der Waals surface area contributed by atoms with Crippen molar-refractivity contribution < 1.29 is 9.53 Å². The Balaban J connectivity index is 1.48. The van der Waals surface area contributed by atoms with Crippen molar-refractivity contribution in [3.05, 3.63) is 45.4 Å². The maximum absolute atomic E-state index is 12.1. The number of ether oxygens (including phenoxy) is 1. The summed E-state index contributed by atoms with van der Waals surface area (Å²) in [6.45, 7) is 7.26. The summed E-state index contributed by atoms with van der Waals surface area (Å²) in [4.78, 5) is 17.8. The van der Waals surface area contributed by atoms with Gasteiger partial charge in [-0.1, -0.05) is 18.2 Å². The van der Waals surface area contributed by atoms with E-state index in [0.717, 1.165) is 22.9 Å². The van der Waals surface area contributed by atoms with Gasteiger partial charge in [0.15, 0.2) is 0 Å². The van der Waals surface area contributed by atoms with Gasteiger partial charge in [-0.15, -0.1) is 11.3 Å². The van der Waals surface area contributed by atoms with Crippen LogP contribution in [-0.4, -0.2) is 30.2 Å². The van der Waals surface area contributed by atoms with E-state index < -0.39 is 0 Å². The molecule has 1 aromatic carbocycles. The number of rotatable bonds is 5. The quantitative estimate of drug-likeness (QED) is 0.875. The summed E-state index contributed by atoms with van der Waals surface area (Å²) in [6, 6.07) is 7.90. The lowest BCUT2D eigenvalue weighted by atomic mass is 9.94. The summed E-state index contributed by atoms with van der Waals surface area (Å²) in [6.07, 6.45) is 0.814. The molecule has 6 heteroatoms. The molecule has 0 saturated heterocycles. The summed E-state index contributed by atoms with van der Waals surface area (Å²) < 4.78 is 5.69. The lowest BCUT2D eigenvalue weighted by molar-refractivity contribution is 0.233. The SMILES string of the molecule is Cc1nc(C)c(CCNC(=O)N[C@@H](C)[C@H]2COc3ccccc32)s1. The van der Waals surface area contributed by atoms with Crippen LogP contribution in [0, 0.1) is 13.8 Å². The van der Waals surface area contributed by atoms with E-state index in [1.54, 1.807) is 11.3 Å². The second-order valence-corrected chi connectivity index (χ2v) is 7.42. The van der Waals surface area contributed by atoms with Crippen molar-refractivity contribution in [2.24, 2.45) is 0 Å². The number of benzene rings is 1. The lowest BCUT2D eigenvalue weighted by Crippen LogP contribution is -2.44. The molecule has 1 aromatic heterocycles. The highest BCUT2D eigenvalue weighted by molar-refractivity contribution is 7.11. The number of thiazole rings is 1. The van der Waals surface area contributed by atoms with Crippen LogP contribution in [0.3, 0.4) is 0 Å². The molecule has 1 aliphatic rings. The second kappa shape index (κ2) is 7.21. The third kappa shape index (κ3) is 3.70. The molecule has 3 rings (SSSR count). The molecule has 1 aliphatic heterocycles. The second-order valence-electron chi connectivity index (χ2n) is 6.14. The first-order valence-electron chi connectivity index (χ1n) is 8.23. The Bertz CT molecular complexity index is 729. The number of nitrogens with zero attached hydrogens (tertiary/aromatic N) is 1. The molecule has 2 heterocycles.